The van der Waals surface area contributed by atoms with Gasteiger partial charge in [0.15, 0.2) is 0 Å². The number of rotatable bonds is 9. The molecule has 0 saturated heterocycles. The highest BCUT2D eigenvalue weighted by molar-refractivity contribution is 6.36. The van der Waals surface area contributed by atoms with Gasteiger partial charge in [0.1, 0.15) is 6.23 Å². The summed E-state index contributed by atoms with van der Waals surface area (Å²) >= 11 is 12.0. The highest BCUT2D eigenvalue weighted by atomic mass is 35.5. The topological polar surface area (TPSA) is 89.5 Å². The van der Waals surface area contributed by atoms with E-state index in [4.69, 9.17) is 33.7 Å². The van der Waals surface area contributed by atoms with Crippen LogP contribution in [0.5, 0.6) is 0 Å². The molecule has 0 aliphatic rings. The number of hydrogen-bond donors (Lipinski definition) is 3. The lowest BCUT2D eigenvalue weighted by Gasteiger charge is -2.17. The number of amides is 1. The molecule has 0 aliphatic carbocycles. The fraction of sp³-hybridized carbons (Fsp3) is 0.240. The molecule has 8 heteroatoms. The lowest BCUT2D eigenvalue weighted by molar-refractivity contribution is 0.0342. The number of nitrogens with one attached hydrogen (secondary N) is 1. The molecule has 1 heterocycles. The van der Waals surface area contributed by atoms with Gasteiger partial charge in [-0.25, -0.2) is 0 Å². The van der Waals surface area contributed by atoms with Crippen LogP contribution in [-0.2, 0) is 11.3 Å². The number of aromatic nitrogens is 1. The molecule has 3 rings (SSSR count). The van der Waals surface area contributed by atoms with Gasteiger partial charge in [-0.3, -0.25) is 4.79 Å². The fourth-order valence-corrected chi connectivity index (χ4v) is 4.03. The number of primary amides is 1. The van der Waals surface area contributed by atoms with E-state index in [2.05, 4.69) is 9.88 Å². The van der Waals surface area contributed by atoms with Crippen LogP contribution in [0.25, 0.3) is 12.2 Å². The fourth-order valence-electron chi connectivity index (χ4n) is 3.57. The van der Waals surface area contributed by atoms with Crippen LogP contribution in [0.1, 0.15) is 29.8 Å². The minimum absolute atomic E-state index is 0.0640. The Kier molecular flexibility index (Phi) is 8.58. The zero-order valence-electron chi connectivity index (χ0n) is 18.5. The summed E-state index contributed by atoms with van der Waals surface area (Å²) in [6.07, 6.45) is 4.75. The van der Waals surface area contributed by atoms with Gasteiger partial charge in [-0.1, -0.05) is 47.5 Å². The van der Waals surface area contributed by atoms with Gasteiger partial charge in [0.05, 0.1) is 23.4 Å². The molecule has 6 nitrogen and oxygen atoms in total. The highest BCUT2D eigenvalue weighted by Crippen LogP contribution is 2.25. The average molecular weight is 488 g/mol. The standard InChI is InChI=1S/C25H27Cl2N3O3/c1-3-23-17(10-11-30(23)14-18-6-4-5-7-20(18)25(28)32)12-16(2)33-15-24(31)29-22-9-8-19(26)13-21(22)27/h3-13,16,24,29,31H,14-15H2,1-2H3,(H2,28,32)/b17-12-,23-3+. The van der Waals surface area contributed by atoms with Crippen LogP contribution >= 0.6 is 23.2 Å². The highest BCUT2D eigenvalue weighted by Gasteiger charge is 2.11. The predicted octanol–water partition coefficient (Wildman–Crippen LogP) is 3.36. The van der Waals surface area contributed by atoms with Gasteiger partial charge in [-0.2, -0.15) is 0 Å². The maximum atomic E-state index is 11.7. The first kappa shape index (κ1) is 24.9. The second-order valence-electron chi connectivity index (χ2n) is 7.58. The second-order valence-corrected chi connectivity index (χ2v) is 8.43. The minimum atomic E-state index is -0.938. The van der Waals surface area contributed by atoms with Gasteiger partial charge < -0.3 is 25.5 Å². The summed E-state index contributed by atoms with van der Waals surface area (Å²) in [4.78, 5) is 11.7. The van der Waals surface area contributed by atoms with Crippen molar-refractivity contribution < 1.29 is 14.6 Å². The molecule has 2 atom stereocenters. The number of aliphatic hydroxyl groups excluding tert-OH is 1. The van der Waals surface area contributed by atoms with E-state index in [1.807, 2.05) is 50.4 Å². The molecule has 2 unspecified atom stereocenters. The van der Waals surface area contributed by atoms with E-state index in [0.717, 1.165) is 16.1 Å². The van der Waals surface area contributed by atoms with Gasteiger partial charge in [0.2, 0.25) is 5.91 Å². The third-order valence-corrected chi connectivity index (χ3v) is 5.67. The molecule has 0 saturated carbocycles. The Balaban J connectivity index is 1.68. The molecule has 0 fully saturated rings. The van der Waals surface area contributed by atoms with Crippen LogP contribution in [0.15, 0.2) is 54.7 Å². The number of anilines is 1. The largest absolute Gasteiger partial charge is 0.371 e. The van der Waals surface area contributed by atoms with Crippen LogP contribution in [0, 0.1) is 0 Å². The Morgan fingerprint density at radius 1 is 1.24 bits per heavy atom. The maximum absolute atomic E-state index is 11.7. The SMILES string of the molecule is C/C=c1\c(=C/C(C)OCC(O)Nc2ccc(Cl)cc2Cl)ccn1Cc1ccccc1C(N)=O. The van der Waals surface area contributed by atoms with E-state index in [-0.39, 0.29) is 12.7 Å². The first-order valence-electron chi connectivity index (χ1n) is 10.5. The van der Waals surface area contributed by atoms with Gasteiger partial charge in [-0.15, -0.1) is 0 Å². The number of nitrogens with zero attached hydrogens (tertiary/aromatic N) is 1. The molecule has 4 N–H and O–H groups in total. The molecule has 0 spiro atoms. The third-order valence-electron chi connectivity index (χ3n) is 5.12. The first-order valence-corrected chi connectivity index (χ1v) is 11.3. The Hall–Kier alpha value is -2.77. The Bertz CT molecular complexity index is 1240. The van der Waals surface area contributed by atoms with E-state index in [1.54, 1.807) is 30.3 Å². The molecule has 0 aliphatic heterocycles. The van der Waals surface area contributed by atoms with Crippen molar-refractivity contribution in [3.63, 3.8) is 0 Å². The summed E-state index contributed by atoms with van der Waals surface area (Å²) in [5.74, 6) is -0.444. The van der Waals surface area contributed by atoms with E-state index < -0.39 is 12.1 Å². The number of carbonyl (C=O) groups is 1. The quantitative estimate of drug-likeness (QED) is 0.403. The van der Waals surface area contributed by atoms with Gasteiger partial charge in [-0.05, 0) is 61.0 Å². The Morgan fingerprint density at radius 2 is 2.00 bits per heavy atom. The van der Waals surface area contributed by atoms with Crippen molar-refractivity contribution in [3.8, 4) is 0 Å². The summed E-state index contributed by atoms with van der Waals surface area (Å²) < 4.78 is 7.85. The minimum Gasteiger partial charge on any atom is -0.371 e. The molecule has 1 amide bonds. The first-order chi connectivity index (χ1) is 15.8. The van der Waals surface area contributed by atoms with E-state index in [1.165, 1.54) is 0 Å². The molecule has 174 valence electrons. The molecule has 2 aromatic carbocycles. The smallest absolute Gasteiger partial charge is 0.249 e. The zero-order valence-corrected chi connectivity index (χ0v) is 20.0. The lowest BCUT2D eigenvalue weighted by Crippen LogP contribution is -2.32. The molecular weight excluding hydrogens is 461 g/mol. The summed E-state index contributed by atoms with van der Waals surface area (Å²) in [5, 5.41) is 16.1. The van der Waals surface area contributed by atoms with Crippen molar-refractivity contribution in [2.75, 3.05) is 11.9 Å². The summed E-state index contributed by atoms with van der Waals surface area (Å²) in [5.41, 5.74) is 7.46. The van der Waals surface area contributed by atoms with Gasteiger partial charge in [0, 0.05) is 28.7 Å². The van der Waals surface area contributed by atoms with Crippen LogP contribution in [0.4, 0.5) is 5.69 Å². The normalized spacial score (nSPS) is 14.3. The lowest BCUT2D eigenvalue weighted by atomic mass is 10.1. The summed E-state index contributed by atoms with van der Waals surface area (Å²) in [6.45, 7) is 4.44. The monoisotopic (exact) mass is 487 g/mol. The van der Waals surface area contributed by atoms with E-state index in [9.17, 15) is 9.90 Å². The van der Waals surface area contributed by atoms with Crippen molar-refractivity contribution in [1.82, 2.24) is 4.57 Å². The third kappa shape index (κ3) is 6.62. The van der Waals surface area contributed by atoms with Crippen molar-refractivity contribution in [3.05, 3.63) is 86.5 Å². The van der Waals surface area contributed by atoms with Crippen LogP contribution in [0.2, 0.25) is 10.0 Å². The van der Waals surface area contributed by atoms with Crippen molar-refractivity contribution >= 4 is 46.9 Å². The number of nitrogens with two attached hydrogens (primary N) is 1. The van der Waals surface area contributed by atoms with Gasteiger partial charge >= 0.3 is 0 Å². The zero-order chi connectivity index (χ0) is 24.0. The summed E-state index contributed by atoms with van der Waals surface area (Å²) in [7, 11) is 0. The van der Waals surface area contributed by atoms with E-state index in [0.29, 0.717) is 27.8 Å². The molecule has 0 bridgehead atoms. The Labute approximate surface area is 202 Å². The number of halogens is 2. The van der Waals surface area contributed by atoms with Crippen LogP contribution in [0.3, 0.4) is 0 Å². The molecular formula is C25H27Cl2N3O3. The summed E-state index contributed by atoms with van der Waals surface area (Å²) in [6, 6.07) is 14.3. The molecule has 3 aromatic rings. The van der Waals surface area contributed by atoms with Gasteiger partial charge in [0.25, 0.3) is 0 Å². The second kappa shape index (κ2) is 11.4. The molecule has 1 aromatic heterocycles. The van der Waals surface area contributed by atoms with Crippen molar-refractivity contribution in [2.24, 2.45) is 5.73 Å². The van der Waals surface area contributed by atoms with Crippen LogP contribution in [-0.4, -0.2) is 34.5 Å². The predicted molar refractivity (Wildman–Crippen MR) is 134 cm³/mol. The number of aliphatic hydroxyl groups is 1. The Morgan fingerprint density at radius 3 is 2.70 bits per heavy atom. The average Bonchev–Trinajstić information content (AvgIpc) is 3.15. The number of carbonyl (C=O) groups excluding carboxylic acids is 1. The van der Waals surface area contributed by atoms with Crippen LogP contribution < -0.4 is 21.6 Å². The molecule has 33 heavy (non-hydrogen) atoms. The number of hydrogen-bond acceptors (Lipinski definition) is 4. The van der Waals surface area contributed by atoms with Crippen molar-refractivity contribution in [2.45, 2.75) is 32.7 Å². The number of benzene rings is 2. The van der Waals surface area contributed by atoms with Crippen molar-refractivity contribution in [1.29, 1.82) is 0 Å². The number of ether oxygens (including phenoxy) is 1. The van der Waals surface area contributed by atoms with E-state index >= 15 is 0 Å². The maximum Gasteiger partial charge on any atom is 0.249 e. The molecule has 0 radical (unpaired) electrons.